The van der Waals surface area contributed by atoms with E-state index in [0.717, 1.165) is 45.9 Å². The van der Waals surface area contributed by atoms with E-state index in [-0.39, 0.29) is 28.9 Å². The molecule has 0 spiro atoms. The molecule has 0 radical (unpaired) electrons. The van der Waals surface area contributed by atoms with Gasteiger partial charge in [0, 0.05) is 5.69 Å². The van der Waals surface area contributed by atoms with Crippen molar-refractivity contribution in [1.82, 2.24) is 15.3 Å². The zero-order chi connectivity index (χ0) is 28.9. The molecule has 1 atom stereocenters. The van der Waals surface area contributed by atoms with E-state index in [2.05, 4.69) is 20.6 Å². The van der Waals surface area contributed by atoms with Crippen LogP contribution in [0, 0.1) is 0 Å². The smallest absolute Gasteiger partial charge is 0.237 e. The quantitative estimate of drug-likeness (QED) is 0.150. The van der Waals surface area contributed by atoms with Crippen molar-refractivity contribution in [2.24, 2.45) is 0 Å². The first-order valence-corrected chi connectivity index (χ1v) is 16.8. The van der Waals surface area contributed by atoms with E-state index in [4.69, 9.17) is 0 Å². The number of carbonyl (C=O) groups excluding carboxylic acids is 2. The van der Waals surface area contributed by atoms with Gasteiger partial charge in [0.25, 0.3) is 0 Å². The maximum Gasteiger partial charge on any atom is 0.237 e. The fraction of sp³-hybridized carbons (Fsp3) is 0.125. The summed E-state index contributed by atoms with van der Waals surface area (Å²) in [6, 6.07) is 33.4. The Bertz CT molecular complexity index is 1770. The van der Waals surface area contributed by atoms with Gasteiger partial charge >= 0.3 is 0 Å². The van der Waals surface area contributed by atoms with Crippen molar-refractivity contribution in [3.8, 4) is 0 Å². The fourth-order valence-electron chi connectivity index (χ4n) is 4.37. The maximum atomic E-state index is 13.0. The van der Waals surface area contributed by atoms with Gasteiger partial charge in [0.1, 0.15) is 0 Å². The van der Waals surface area contributed by atoms with Crippen molar-refractivity contribution in [3.05, 3.63) is 114 Å². The molecule has 6 nitrogen and oxygen atoms in total. The average Bonchev–Trinajstić information content (AvgIpc) is 3.62. The Labute approximate surface area is 260 Å². The van der Waals surface area contributed by atoms with Gasteiger partial charge in [-0.1, -0.05) is 96.3 Å². The number of anilines is 1. The number of rotatable bonds is 10. The molecule has 0 bridgehead atoms. The molecule has 0 unspecified atom stereocenters. The van der Waals surface area contributed by atoms with E-state index in [1.54, 1.807) is 11.3 Å². The second-order valence-corrected chi connectivity index (χ2v) is 14.3. The summed E-state index contributed by atoms with van der Waals surface area (Å²) in [5, 5.41) is 5.91. The van der Waals surface area contributed by atoms with Crippen LogP contribution in [0.2, 0.25) is 0 Å². The number of thioether (sulfide) groups is 2. The third kappa shape index (κ3) is 6.84. The average molecular weight is 627 g/mol. The van der Waals surface area contributed by atoms with E-state index >= 15 is 0 Å². The summed E-state index contributed by atoms with van der Waals surface area (Å²) in [6.45, 7) is 1.89. The number of para-hydroxylation sites is 1. The predicted molar refractivity (Wildman–Crippen MR) is 177 cm³/mol. The lowest BCUT2D eigenvalue weighted by Crippen LogP contribution is -2.30. The van der Waals surface area contributed by atoms with Crippen molar-refractivity contribution in [1.29, 1.82) is 0 Å². The Balaban J connectivity index is 1.07. The SMILES string of the molecule is C[C@H](Sc1nc2ccccc2s1)C(=O)Nc1ccc2nc(SCC(=O)NC(c3ccccc3)c3ccccc3)sc2c1. The molecule has 2 N–H and O–H groups in total. The fourth-order valence-corrected chi connectivity index (χ4v) is 8.50. The van der Waals surface area contributed by atoms with Gasteiger partial charge in [0.15, 0.2) is 8.68 Å². The molecule has 10 heteroatoms. The van der Waals surface area contributed by atoms with Crippen molar-refractivity contribution in [2.75, 3.05) is 11.1 Å². The van der Waals surface area contributed by atoms with Crippen LogP contribution in [-0.4, -0.2) is 32.8 Å². The van der Waals surface area contributed by atoms with Crippen LogP contribution >= 0.6 is 46.2 Å². The minimum Gasteiger partial charge on any atom is -0.344 e. The van der Waals surface area contributed by atoms with Gasteiger partial charge in [-0.25, -0.2) is 9.97 Å². The molecule has 4 aromatic carbocycles. The van der Waals surface area contributed by atoms with Crippen LogP contribution < -0.4 is 10.6 Å². The summed E-state index contributed by atoms with van der Waals surface area (Å²) < 4.78 is 3.75. The number of fused-ring (bicyclic) bond motifs is 2. The molecule has 42 heavy (non-hydrogen) atoms. The molecule has 6 aromatic rings. The summed E-state index contributed by atoms with van der Waals surface area (Å²) in [5.74, 6) is 0.102. The zero-order valence-electron chi connectivity index (χ0n) is 22.5. The molecule has 210 valence electrons. The molecular formula is C32H26N4O2S4. The Hall–Kier alpha value is -3.70. The van der Waals surface area contributed by atoms with Gasteiger partial charge in [-0.3, -0.25) is 9.59 Å². The summed E-state index contributed by atoms with van der Waals surface area (Å²) in [7, 11) is 0. The first-order valence-electron chi connectivity index (χ1n) is 13.3. The van der Waals surface area contributed by atoms with E-state index in [1.165, 1.54) is 34.9 Å². The van der Waals surface area contributed by atoms with Crippen LogP contribution in [0.4, 0.5) is 5.69 Å². The molecule has 6 rings (SSSR count). The third-order valence-corrected chi connectivity index (χ3v) is 10.8. The lowest BCUT2D eigenvalue weighted by molar-refractivity contribution is -0.119. The molecule has 2 amide bonds. The summed E-state index contributed by atoms with van der Waals surface area (Å²) >= 11 is 5.98. The lowest BCUT2D eigenvalue weighted by atomic mass is 9.99. The zero-order valence-corrected chi connectivity index (χ0v) is 25.8. The van der Waals surface area contributed by atoms with E-state index in [1.807, 2.05) is 110 Å². The number of nitrogens with zero attached hydrogens (tertiary/aromatic N) is 2. The van der Waals surface area contributed by atoms with Gasteiger partial charge < -0.3 is 10.6 Å². The number of carbonyl (C=O) groups is 2. The van der Waals surface area contributed by atoms with Gasteiger partial charge in [-0.15, -0.1) is 22.7 Å². The highest BCUT2D eigenvalue weighted by Gasteiger charge is 2.19. The van der Waals surface area contributed by atoms with E-state index in [0.29, 0.717) is 0 Å². The highest BCUT2D eigenvalue weighted by atomic mass is 32.2. The van der Waals surface area contributed by atoms with E-state index in [9.17, 15) is 9.59 Å². The standard InChI is InChI=1S/C32H26N4O2S4/c1-20(40-32-35-24-14-8-9-15-26(24)41-32)30(38)33-23-16-17-25-27(18-23)42-31(34-25)39-19-28(37)36-29(21-10-4-2-5-11-21)22-12-6-3-7-13-22/h2-18,20,29H,19H2,1H3,(H,33,38)(H,36,37)/t20-/m0/s1. The molecule has 0 saturated carbocycles. The van der Waals surface area contributed by atoms with Gasteiger partial charge in [0.05, 0.1) is 37.5 Å². The summed E-state index contributed by atoms with van der Waals surface area (Å²) in [5.41, 5.74) is 4.57. The molecular weight excluding hydrogens is 601 g/mol. The molecule has 2 aromatic heterocycles. The Morgan fingerprint density at radius 1 is 0.762 bits per heavy atom. The first kappa shape index (κ1) is 28.4. The molecule has 0 fully saturated rings. The van der Waals surface area contributed by atoms with Crippen LogP contribution in [0.1, 0.15) is 24.1 Å². The second kappa shape index (κ2) is 13.1. The van der Waals surface area contributed by atoms with Crippen molar-refractivity contribution < 1.29 is 9.59 Å². The van der Waals surface area contributed by atoms with Crippen molar-refractivity contribution in [2.45, 2.75) is 26.9 Å². The lowest BCUT2D eigenvalue weighted by Gasteiger charge is -2.19. The van der Waals surface area contributed by atoms with Crippen LogP contribution in [0.5, 0.6) is 0 Å². The van der Waals surface area contributed by atoms with Gasteiger partial charge in [-0.2, -0.15) is 0 Å². The topological polar surface area (TPSA) is 84.0 Å². The Kier molecular flexibility index (Phi) is 8.85. The maximum absolute atomic E-state index is 13.0. The number of amides is 2. The van der Waals surface area contributed by atoms with Crippen LogP contribution in [0.3, 0.4) is 0 Å². The summed E-state index contributed by atoms with van der Waals surface area (Å²) in [4.78, 5) is 35.2. The largest absolute Gasteiger partial charge is 0.344 e. The monoisotopic (exact) mass is 626 g/mol. The predicted octanol–water partition coefficient (Wildman–Crippen LogP) is 8.02. The first-order chi connectivity index (χ1) is 20.5. The second-order valence-electron chi connectivity index (χ2n) is 9.47. The number of nitrogens with one attached hydrogen (secondary N) is 2. The number of benzene rings is 4. The summed E-state index contributed by atoms with van der Waals surface area (Å²) in [6.07, 6.45) is 0. The van der Waals surface area contributed by atoms with E-state index < -0.39 is 0 Å². The highest BCUT2D eigenvalue weighted by Crippen LogP contribution is 2.34. The third-order valence-electron chi connectivity index (χ3n) is 6.46. The molecule has 0 saturated heterocycles. The minimum absolute atomic E-state index is 0.0653. The minimum atomic E-state index is -0.303. The van der Waals surface area contributed by atoms with Gasteiger partial charge in [0.2, 0.25) is 11.8 Å². The van der Waals surface area contributed by atoms with Gasteiger partial charge in [-0.05, 0) is 48.4 Å². The Morgan fingerprint density at radius 3 is 2.10 bits per heavy atom. The molecule has 0 aliphatic carbocycles. The number of aromatic nitrogens is 2. The normalized spacial score (nSPS) is 12.0. The number of thiazole rings is 2. The number of hydrogen-bond donors (Lipinski definition) is 2. The molecule has 0 aliphatic rings. The van der Waals surface area contributed by atoms with Crippen molar-refractivity contribution >= 4 is 84.1 Å². The molecule has 0 aliphatic heterocycles. The Morgan fingerprint density at radius 2 is 1.38 bits per heavy atom. The van der Waals surface area contributed by atoms with Crippen molar-refractivity contribution in [3.63, 3.8) is 0 Å². The molecule has 2 heterocycles. The highest BCUT2D eigenvalue weighted by molar-refractivity contribution is 8.02. The van der Waals surface area contributed by atoms with Crippen LogP contribution in [0.25, 0.3) is 20.4 Å². The van der Waals surface area contributed by atoms with Crippen LogP contribution in [-0.2, 0) is 9.59 Å². The van der Waals surface area contributed by atoms with Crippen LogP contribution in [0.15, 0.2) is 112 Å². The number of hydrogen-bond acceptors (Lipinski definition) is 8.